The maximum Gasteiger partial charge on any atom is 1.00 e. The summed E-state index contributed by atoms with van der Waals surface area (Å²) in [5, 5.41) is 0.819. The van der Waals surface area contributed by atoms with Crippen molar-refractivity contribution < 1.29 is 48.7 Å². The third-order valence-electron chi connectivity index (χ3n) is 1.54. The Labute approximate surface area is 114 Å². The molecule has 0 aliphatic heterocycles. The molecule has 0 saturated heterocycles. The number of carbonyl (C=O) groups excluding carboxylic acids is 1. The molecule has 0 heterocycles. The Balaban J connectivity index is -0.000000845. The van der Waals surface area contributed by atoms with Crippen LogP contribution >= 0.6 is 0 Å². The molecule has 15 heavy (non-hydrogen) atoms. The van der Waals surface area contributed by atoms with Gasteiger partial charge in [0, 0.05) is 0 Å². The van der Waals surface area contributed by atoms with E-state index in [0.29, 0.717) is 0 Å². The molecule has 1 amide bonds. The molecule has 84 valence electrons. The minimum Gasteiger partial charge on any atom is -1.00 e. The standard InChI is InChI=1S/C8H15NO4S.Na.H/c1-5-6(10)9-7(8(2,3)4)14(11,12)13;;/h5,7H,1H2,2-4H3,(H,9,10)(H,11,12,13);;/q;+1;-1. The quantitative estimate of drug-likeness (QED) is 0.332. The second-order valence-electron chi connectivity index (χ2n) is 3.97. The molecule has 0 aromatic carbocycles. The predicted molar refractivity (Wildman–Crippen MR) is 54.2 cm³/mol. The number of hydrogen-bond donors (Lipinski definition) is 2. The van der Waals surface area contributed by atoms with E-state index in [-0.39, 0.29) is 31.0 Å². The van der Waals surface area contributed by atoms with Crippen LogP contribution in [0.5, 0.6) is 0 Å². The van der Waals surface area contributed by atoms with Gasteiger partial charge in [-0.3, -0.25) is 9.35 Å². The molecule has 0 fully saturated rings. The molecule has 0 spiro atoms. The van der Waals surface area contributed by atoms with Crippen LogP contribution in [0.15, 0.2) is 12.7 Å². The second-order valence-corrected chi connectivity index (χ2v) is 5.48. The van der Waals surface area contributed by atoms with Crippen molar-refractivity contribution in [2.75, 3.05) is 0 Å². The summed E-state index contributed by atoms with van der Waals surface area (Å²) in [7, 11) is -4.31. The molecule has 0 aliphatic rings. The van der Waals surface area contributed by atoms with Gasteiger partial charge in [0.05, 0.1) is 0 Å². The maximum absolute atomic E-state index is 10.9. The summed E-state index contributed by atoms with van der Waals surface area (Å²) in [6, 6.07) is 0. The van der Waals surface area contributed by atoms with Crippen LogP contribution in [0.3, 0.4) is 0 Å². The summed E-state index contributed by atoms with van der Waals surface area (Å²) >= 11 is 0. The van der Waals surface area contributed by atoms with Crippen molar-refractivity contribution >= 4 is 16.0 Å². The fraction of sp³-hybridized carbons (Fsp3) is 0.625. The number of nitrogens with one attached hydrogen (secondary N) is 1. The summed E-state index contributed by atoms with van der Waals surface area (Å²) < 4.78 is 30.8. The third-order valence-corrected chi connectivity index (χ3v) is 2.96. The van der Waals surface area contributed by atoms with Crippen LogP contribution in [-0.2, 0) is 14.9 Å². The van der Waals surface area contributed by atoms with Crippen LogP contribution in [0.2, 0.25) is 0 Å². The zero-order valence-corrected chi connectivity index (χ0v) is 12.3. The molecule has 0 aliphatic carbocycles. The van der Waals surface area contributed by atoms with Gasteiger partial charge in [0.2, 0.25) is 5.91 Å². The van der Waals surface area contributed by atoms with Gasteiger partial charge >= 0.3 is 29.6 Å². The van der Waals surface area contributed by atoms with Gasteiger partial charge in [0.15, 0.2) is 5.37 Å². The third kappa shape index (κ3) is 6.32. The smallest absolute Gasteiger partial charge is 1.00 e. The van der Waals surface area contributed by atoms with Crippen LogP contribution < -0.4 is 34.9 Å². The first-order valence-corrected chi connectivity index (χ1v) is 5.48. The Kier molecular flexibility index (Phi) is 7.01. The van der Waals surface area contributed by atoms with Crippen molar-refractivity contribution in [3.05, 3.63) is 12.7 Å². The van der Waals surface area contributed by atoms with E-state index in [2.05, 4.69) is 11.9 Å². The zero-order valence-electron chi connectivity index (χ0n) is 10.4. The first-order chi connectivity index (χ1) is 6.09. The number of amides is 1. The van der Waals surface area contributed by atoms with Crippen LogP contribution in [0.1, 0.15) is 22.2 Å². The Morgan fingerprint density at radius 3 is 2.13 bits per heavy atom. The van der Waals surface area contributed by atoms with Crippen molar-refractivity contribution in [2.45, 2.75) is 26.1 Å². The molecule has 0 aromatic rings. The van der Waals surface area contributed by atoms with Crippen molar-refractivity contribution in [2.24, 2.45) is 5.41 Å². The first-order valence-electron chi connectivity index (χ1n) is 3.98. The van der Waals surface area contributed by atoms with E-state index in [9.17, 15) is 13.2 Å². The topological polar surface area (TPSA) is 83.5 Å². The molecule has 0 saturated carbocycles. The van der Waals surface area contributed by atoms with E-state index in [1.165, 1.54) is 0 Å². The first kappa shape index (κ1) is 17.5. The molecule has 1 atom stereocenters. The Morgan fingerprint density at radius 1 is 1.53 bits per heavy atom. The van der Waals surface area contributed by atoms with Crippen molar-refractivity contribution in [1.29, 1.82) is 0 Å². The summed E-state index contributed by atoms with van der Waals surface area (Å²) in [6.07, 6.45) is 0.948. The van der Waals surface area contributed by atoms with Crippen LogP contribution in [0.4, 0.5) is 0 Å². The van der Waals surface area contributed by atoms with E-state index in [1.807, 2.05) is 0 Å². The fourth-order valence-corrected chi connectivity index (χ4v) is 2.08. The van der Waals surface area contributed by atoms with Gasteiger partial charge in [-0.1, -0.05) is 27.4 Å². The van der Waals surface area contributed by atoms with E-state index in [4.69, 9.17) is 4.55 Å². The zero-order chi connectivity index (χ0) is 11.6. The molecule has 2 N–H and O–H groups in total. The normalized spacial score (nSPS) is 13.6. The minimum absolute atomic E-state index is 0. The fourth-order valence-electron chi connectivity index (χ4n) is 0.926. The van der Waals surface area contributed by atoms with E-state index in [0.717, 1.165) is 6.08 Å². The molecule has 0 bridgehead atoms. The van der Waals surface area contributed by atoms with Gasteiger partial charge in [0.1, 0.15) is 0 Å². The summed E-state index contributed by atoms with van der Waals surface area (Å²) in [6.45, 7) is 7.97. The predicted octanol–water partition coefficient (Wildman–Crippen LogP) is -2.33. The van der Waals surface area contributed by atoms with E-state index >= 15 is 0 Å². The Bertz CT molecular complexity index is 336. The summed E-state index contributed by atoms with van der Waals surface area (Å²) in [4.78, 5) is 10.9. The van der Waals surface area contributed by atoms with E-state index < -0.39 is 26.8 Å². The van der Waals surface area contributed by atoms with Crippen LogP contribution in [-0.4, -0.2) is 24.3 Å². The molecular formula is C8H16NNaO4S. The molecule has 7 heteroatoms. The second kappa shape index (κ2) is 6.00. The number of hydrogen-bond acceptors (Lipinski definition) is 3. The van der Waals surface area contributed by atoms with Gasteiger partial charge in [0.25, 0.3) is 10.1 Å². The van der Waals surface area contributed by atoms with Gasteiger partial charge in [-0.15, -0.1) is 0 Å². The molecule has 0 rings (SSSR count). The SMILES string of the molecule is C=CC(=O)NC(C(C)(C)C)S(=O)(=O)O.[H-].[Na+]. The largest absolute Gasteiger partial charge is 1.00 e. The molecule has 5 nitrogen and oxygen atoms in total. The van der Waals surface area contributed by atoms with Gasteiger partial charge in [-0.25, -0.2) is 0 Å². The van der Waals surface area contributed by atoms with Crippen molar-refractivity contribution in [1.82, 2.24) is 5.32 Å². The van der Waals surface area contributed by atoms with Crippen LogP contribution in [0, 0.1) is 5.41 Å². The maximum atomic E-state index is 10.9. The summed E-state index contributed by atoms with van der Waals surface area (Å²) in [5.41, 5.74) is -0.785. The minimum atomic E-state index is -4.31. The van der Waals surface area contributed by atoms with Gasteiger partial charge < -0.3 is 6.74 Å². The monoisotopic (exact) mass is 245 g/mol. The van der Waals surface area contributed by atoms with Crippen LogP contribution in [0.25, 0.3) is 0 Å². The van der Waals surface area contributed by atoms with Crippen molar-refractivity contribution in [3.8, 4) is 0 Å². The molecular weight excluding hydrogens is 229 g/mol. The average molecular weight is 245 g/mol. The van der Waals surface area contributed by atoms with Gasteiger partial charge in [-0.05, 0) is 11.5 Å². The molecule has 0 aromatic heterocycles. The summed E-state index contributed by atoms with van der Waals surface area (Å²) in [5.74, 6) is -0.637. The van der Waals surface area contributed by atoms with E-state index in [1.54, 1.807) is 20.8 Å². The average Bonchev–Trinajstić information content (AvgIpc) is 1.95. The molecule has 1 unspecified atom stereocenters. The van der Waals surface area contributed by atoms with Gasteiger partial charge in [-0.2, -0.15) is 8.42 Å². The Morgan fingerprint density at radius 2 is 1.93 bits per heavy atom. The molecule has 0 radical (unpaired) electrons. The number of rotatable bonds is 3. The Hall–Kier alpha value is 0.120. The van der Waals surface area contributed by atoms with Crippen molar-refractivity contribution in [3.63, 3.8) is 0 Å². The number of carbonyl (C=O) groups is 1.